The Morgan fingerprint density at radius 1 is 1.18 bits per heavy atom. The van der Waals surface area contributed by atoms with Gasteiger partial charge in [-0.3, -0.25) is 0 Å². The maximum Gasteiger partial charge on any atom is -0.00860 e. The van der Waals surface area contributed by atoms with Crippen molar-refractivity contribution >= 4 is 22.6 Å². The van der Waals surface area contributed by atoms with E-state index in [1.165, 1.54) is 54.9 Å². The Morgan fingerprint density at radius 3 is 2.53 bits per heavy atom. The van der Waals surface area contributed by atoms with Gasteiger partial charge in [0, 0.05) is 0 Å². The zero-order chi connectivity index (χ0) is 12.7. The first-order valence-electron chi connectivity index (χ1n) is 7.08. The molecule has 0 saturated carbocycles. The number of hydrogen-bond donors (Lipinski definition) is 0. The van der Waals surface area contributed by atoms with Crippen molar-refractivity contribution in [3.63, 3.8) is 0 Å². The smallest absolute Gasteiger partial charge is 0.00860 e. The zero-order valence-electron chi connectivity index (χ0n) is 11.7. The van der Waals surface area contributed by atoms with Crippen molar-refractivity contribution in [1.82, 2.24) is 0 Å². The molecule has 1 heteroatoms. The number of rotatable bonds is 6. The van der Waals surface area contributed by atoms with Crippen LogP contribution in [0.3, 0.4) is 0 Å². The molecule has 1 aliphatic rings. The molecule has 1 rings (SSSR count). The monoisotopic (exact) mass is 346 g/mol. The zero-order valence-corrected chi connectivity index (χ0v) is 13.8. The van der Waals surface area contributed by atoms with Crippen molar-refractivity contribution in [3.05, 3.63) is 21.3 Å². The van der Waals surface area contributed by atoms with Gasteiger partial charge in [0.25, 0.3) is 0 Å². The van der Waals surface area contributed by atoms with Crippen LogP contribution in [0.2, 0.25) is 0 Å². The minimum Gasteiger partial charge on any atom is -0.0813 e. The highest BCUT2D eigenvalue weighted by Crippen LogP contribution is 2.40. The van der Waals surface area contributed by atoms with Crippen LogP contribution in [0.15, 0.2) is 21.3 Å². The van der Waals surface area contributed by atoms with Gasteiger partial charge < -0.3 is 0 Å². The Kier molecular flexibility index (Phi) is 6.83. The number of unbranched alkanes of at least 4 members (excludes halogenated alkanes) is 5. The van der Waals surface area contributed by atoms with E-state index in [1.54, 1.807) is 5.57 Å². The Hall–Kier alpha value is 0.210. The maximum absolute atomic E-state index is 2.50. The third kappa shape index (κ3) is 6.64. The lowest BCUT2D eigenvalue weighted by molar-refractivity contribution is 0.360. The minimum absolute atomic E-state index is 0.472. The van der Waals surface area contributed by atoms with E-state index in [0.717, 1.165) is 0 Å². The second-order valence-electron chi connectivity index (χ2n) is 6.09. The summed E-state index contributed by atoms with van der Waals surface area (Å²) in [5.74, 6) is 0. The van der Waals surface area contributed by atoms with Crippen molar-refractivity contribution in [1.29, 1.82) is 0 Å². The molecule has 0 fully saturated rings. The first-order valence-corrected chi connectivity index (χ1v) is 8.16. The standard InChI is InChI=1S/C16H27I/c1-4-5-6-7-8-9-10-14-11-15(17)13-16(2,3)12-14/h10-11H,4-9,12-13H2,1-3H3/b14-10-. The molecule has 0 saturated heterocycles. The average Bonchev–Trinajstić information content (AvgIpc) is 2.20. The fourth-order valence-corrected chi connectivity index (χ4v) is 3.97. The summed E-state index contributed by atoms with van der Waals surface area (Å²) in [7, 11) is 0. The van der Waals surface area contributed by atoms with Gasteiger partial charge in [0.2, 0.25) is 0 Å². The largest absolute Gasteiger partial charge is 0.0813 e. The van der Waals surface area contributed by atoms with Gasteiger partial charge in [0.15, 0.2) is 0 Å². The molecule has 0 spiro atoms. The summed E-state index contributed by atoms with van der Waals surface area (Å²) in [5.41, 5.74) is 2.04. The summed E-state index contributed by atoms with van der Waals surface area (Å²) < 4.78 is 1.52. The van der Waals surface area contributed by atoms with Gasteiger partial charge in [-0.25, -0.2) is 0 Å². The van der Waals surface area contributed by atoms with Crippen LogP contribution in [-0.2, 0) is 0 Å². The molecule has 0 heterocycles. The van der Waals surface area contributed by atoms with Crippen LogP contribution in [0.25, 0.3) is 0 Å². The van der Waals surface area contributed by atoms with Crippen LogP contribution in [-0.4, -0.2) is 0 Å². The fourth-order valence-electron chi connectivity index (χ4n) is 2.54. The lowest BCUT2D eigenvalue weighted by Gasteiger charge is -2.29. The van der Waals surface area contributed by atoms with E-state index in [0.29, 0.717) is 5.41 Å². The van der Waals surface area contributed by atoms with Gasteiger partial charge in [-0.15, -0.1) is 0 Å². The Balaban J connectivity index is 2.32. The van der Waals surface area contributed by atoms with Crippen molar-refractivity contribution in [2.45, 2.75) is 72.1 Å². The summed E-state index contributed by atoms with van der Waals surface area (Å²) in [6.45, 7) is 7.04. The summed E-state index contributed by atoms with van der Waals surface area (Å²) in [4.78, 5) is 0. The van der Waals surface area contributed by atoms with Gasteiger partial charge >= 0.3 is 0 Å². The Labute approximate surface area is 121 Å². The number of hydrogen-bond acceptors (Lipinski definition) is 0. The summed E-state index contributed by atoms with van der Waals surface area (Å²) in [5, 5.41) is 0. The first kappa shape index (κ1) is 15.3. The lowest BCUT2D eigenvalue weighted by atomic mass is 9.78. The average molecular weight is 346 g/mol. The molecule has 0 aromatic carbocycles. The highest BCUT2D eigenvalue weighted by atomic mass is 127. The molecule has 0 atom stereocenters. The maximum atomic E-state index is 2.50. The van der Waals surface area contributed by atoms with E-state index in [2.05, 4.69) is 55.5 Å². The second kappa shape index (κ2) is 7.60. The highest BCUT2D eigenvalue weighted by molar-refractivity contribution is 14.1. The van der Waals surface area contributed by atoms with Crippen LogP contribution >= 0.6 is 22.6 Å². The summed E-state index contributed by atoms with van der Waals surface area (Å²) in [6.07, 6.45) is 15.6. The van der Waals surface area contributed by atoms with Crippen molar-refractivity contribution < 1.29 is 0 Å². The van der Waals surface area contributed by atoms with Crippen LogP contribution in [0.1, 0.15) is 72.1 Å². The third-order valence-corrected chi connectivity index (χ3v) is 4.08. The molecule has 0 aliphatic heterocycles. The van der Waals surface area contributed by atoms with Gasteiger partial charge in [-0.05, 0) is 57.3 Å². The molecule has 0 nitrogen and oxygen atoms in total. The van der Waals surface area contributed by atoms with Crippen LogP contribution < -0.4 is 0 Å². The summed E-state index contributed by atoms with van der Waals surface area (Å²) >= 11 is 2.50. The normalized spacial score (nSPS) is 21.6. The number of halogens is 1. The molecule has 0 N–H and O–H groups in total. The molecule has 0 aromatic heterocycles. The van der Waals surface area contributed by atoms with E-state index >= 15 is 0 Å². The topological polar surface area (TPSA) is 0 Å². The fraction of sp³-hybridized carbons (Fsp3) is 0.750. The molecule has 0 unspecified atom stereocenters. The molecule has 0 amide bonds. The van der Waals surface area contributed by atoms with E-state index in [1.807, 2.05) is 0 Å². The van der Waals surface area contributed by atoms with E-state index in [4.69, 9.17) is 0 Å². The third-order valence-electron chi connectivity index (χ3n) is 3.39. The molecule has 98 valence electrons. The first-order chi connectivity index (χ1) is 8.03. The van der Waals surface area contributed by atoms with Crippen molar-refractivity contribution in [2.24, 2.45) is 5.41 Å². The van der Waals surface area contributed by atoms with E-state index in [9.17, 15) is 0 Å². The molecular formula is C16H27I. The predicted octanol–water partition coefficient (Wildman–Crippen LogP) is 6.41. The van der Waals surface area contributed by atoms with Gasteiger partial charge in [-0.1, -0.05) is 64.2 Å². The van der Waals surface area contributed by atoms with Crippen molar-refractivity contribution in [3.8, 4) is 0 Å². The SMILES string of the molecule is CCCCCCC/C=C1/C=C(I)CC(C)(C)C1. The minimum atomic E-state index is 0.472. The lowest BCUT2D eigenvalue weighted by Crippen LogP contribution is -2.15. The molecule has 0 bridgehead atoms. The Bertz CT molecular complexity index is 284. The molecule has 17 heavy (non-hydrogen) atoms. The molecule has 0 radical (unpaired) electrons. The van der Waals surface area contributed by atoms with Gasteiger partial charge in [-0.2, -0.15) is 0 Å². The molecule has 1 aliphatic carbocycles. The summed E-state index contributed by atoms with van der Waals surface area (Å²) in [6, 6.07) is 0. The van der Waals surface area contributed by atoms with Crippen LogP contribution in [0.4, 0.5) is 0 Å². The molecular weight excluding hydrogens is 319 g/mol. The van der Waals surface area contributed by atoms with Crippen LogP contribution in [0.5, 0.6) is 0 Å². The van der Waals surface area contributed by atoms with Gasteiger partial charge in [0.1, 0.15) is 0 Å². The number of allylic oxidation sites excluding steroid dienone is 4. The van der Waals surface area contributed by atoms with Gasteiger partial charge in [0.05, 0.1) is 0 Å². The highest BCUT2D eigenvalue weighted by Gasteiger charge is 2.23. The van der Waals surface area contributed by atoms with Crippen molar-refractivity contribution in [2.75, 3.05) is 0 Å². The van der Waals surface area contributed by atoms with E-state index in [-0.39, 0.29) is 0 Å². The van der Waals surface area contributed by atoms with Crippen LogP contribution in [0, 0.1) is 5.41 Å². The second-order valence-corrected chi connectivity index (χ2v) is 7.48. The Morgan fingerprint density at radius 2 is 1.88 bits per heavy atom. The molecule has 0 aromatic rings. The predicted molar refractivity (Wildman–Crippen MR) is 86.6 cm³/mol. The quantitative estimate of drug-likeness (QED) is 0.385. The van der Waals surface area contributed by atoms with E-state index < -0.39 is 0 Å².